The van der Waals surface area contributed by atoms with Crippen LogP contribution in [0.4, 0.5) is 0 Å². The first-order valence-corrected chi connectivity index (χ1v) is 11.2. The van der Waals surface area contributed by atoms with Gasteiger partial charge in [-0.1, -0.05) is 17.7 Å². The Labute approximate surface area is 193 Å². The predicted molar refractivity (Wildman–Crippen MR) is 120 cm³/mol. The van der Waals surface area contributed by atoms with Gasteiger partial charge in [0.2, 0.25) is 0 Å². The number of piperidine rings is 1. The predicted octanol–water partition coefficient (Wildman–Crippen LogP) is 4.04. The van der Waals surface area contributed by atoms with Gasteiger partial charge in [0.15, 0.2) is 0 Å². The van der Waals surface area contributed by atoms with E-state index in [1.807, 2.05) is 39.0 Å². The molecule has 0 spiro atoms. The van der Waals surface area contributed by atoms with Crippen molar-refractivity contribution < 1.29 is 23.7 Å². The van der Waals surface area contributed by atoms with E-state index in [1.165, 1.54) is 0 Å². The number of carbonyl (C=O) groups is 1. The van der Waals surface area contributed by atoms with Gasteiger partial charge in [-0.2, -0.15) is 0 Å². The summed E-state index contributed by atoms with van der Waals surface area (Å²) in [6.45, 7) is 7.96. The summed E-state index contributed by atoms with van der Waals surface area (Å²) in [6, 6.07) is 10.9. The number of likely N-dealkylation sites (tertiary alicyclic amines) is 1. The highest BCUT2D eigenvalue weighted by molar-refractivity contribution is 6.32. The molecule has 32 heavy (non-hydrogen) atoms. The van der Waals surface area contributed by atoms with Crippen molar-refractivity contribution in [3.8, 4) is 5.75 Å². The van der Waals surface area contributed by atoms with E-state index < -0.39 is 5.60 Å². The fourth-order valence-corrected chi connectivity index (χ4v) is 4.31. The molecule has 2 aromatic rings. The van der Waals surface area contributed by atoms with Crippen molar-refractivity contribution in [1.82, 2.24) is 9.88 Å². The molecule has 0 radical (unpaired) electrons. The lowest BCUT2D eigenvalue weighted by Crippen LogP contribution is -2.53. The first-order valence-electron chi connectivity index (χ1n) is 10.8. The molecule has 2 aliphatic rings. The summed E-state index contributed by atoms with van der Waals surface area (Å²) in [5, 5.41) is 0.395. The average molecular weight is 461 g/mol. The third-order valence-electron chi connectivity index (χ3n) is 5.69. The number of aromatic nitrogens is 1. The average Bonchev–Trinajstić information content (AvgIpc) is 3.21. The molecule has 1 aromatic heterocycles. The normalized spacial score (nSPS) is 23.1. The minimum absolute atomic E-state index is 0.0976. The van der Waals surface area contributed by atoms with Gasteiger partial charge < -0.3 is 23.8 Å². The van der Waals surface area contributed by atoms with E-state index in [2.05, 4.69) is 4.98 Å². The number of benzene rings is 1. The molecule has 0 aliphatic carbocycles. The van der Waals surface area contributed by atoms with Crippen LogP contribution in [-0.2, 0) is 19.8 Å². The fourth-order valence-electron chi connectivity index (χ4n) is 4.07. The molecular weight excluding hydrogens is 432 g/mol. The molecule has 8 heteroatoms. The van der Waals surface area contributed by atoms with Crippen LogP contribution >= 0.6 is 11.6 Å². The maximum Gasteiger partial charge on any atom is 0.254 e. The standard InChI is InChI=1S/C24H29ClN2O5/c1-23(2,3)31-13-12-29-19-8-7-17(14-18(19)25)22(28)27-11-9-24(20-6-4-5-10-26-20)21(15-27)30-16-32-24/h4-8,10,14,21H,9,11-13,15-16H2,1-3H3. The first kappa shape index (κ1) is 23.0. The van der Waals surface area contributed by atoms with Crippen LogP contribution in [-0.4, -0.2) is 60.6 Å². The smallest absolute Gasteiger partial charge is 0.254 e. The van der Waals surface area contributed by atoms with Gasteiger partial charge in [-0.3, -0.25) is 9.78 Å². The molecule has 3 heterocycles. The van der Waals surface area contributed by atoms with Crippen LogP contribution in [0.5, 0.6) is 5.75 Å². The van der Waals surface area contributed by atoms with Gasteiger partial charge in [-0.25, -0.2) is 0 Å². The molecule has 1 aromatic carbocycles. The number of carbonyl (C=O) groups excluding carboxylic acids is 1. The Bertz CT molecular complexity index is 949. The number of rotatable bonds is 6. The van der Waals surface area contributed by atoms with Crippen LogP contribution in [0.1, 0.15) is 43.2 Å². The Hall–Kier alpha value is -2.19. The van der Waals surface area contributed by atoms with Gasteiger partial charge >= 0.3 is 0 Å². The highest BCUT2D eigenvalue weighted by Crippen LogP contribution is 2.41. The van der Waals surface area contributed by atoms with Crippen molar-refractivity contribution >= 4 is 17.5 Å². The van der Waals surface area contributed by atoms with Gasteiger partial charge in [-0.15, -0.1) is 0 Å². The number of hydrogen-bond acceptors (Lipinski definition) is 6. The Morgan fingerprint density at radius 3 is 2.84 bits per heavy atom. The van der Waals surface area contributed by atoms with Crippen LogP contribution in [0.25, 0.3) is 0 Å². The van der Waals surface area contributed by atoms with Crippen LogP contribution in [0.3, 0.4) is 0 Å². The number of pyridine rings is 1. The van der Waals surface area contributed by atoms with Crippen molar-refractivity contribution in [1.29, 1.82) is 0 Å². The lowest BCUT2D eigenvalue weighted by atomic mass is 9.85. The zero-order valence-electron chi connectivity index (χ0n) is 18.7. The van der Waals surface area contributed by atoms with E-state index in [9.17, 15) is 4.79 Å². The van der Waals surface area contributed by atoms with Gasteiger partial charge in [0.05, 0.1) is 29.5 Å². The lowest BCUT2D eigenvalue weighted by Gasteiger charge is -2.41. The summed E-state index contributed by atoms with van der Waals surface area (Å²) >= 11 is 6.38. The molecule has 1 amide bonds. The van der Waals surface area contributed by atoms with E-state index in [-0.39, 0.29) is 24.4 Å². The van der Waals surface area contributed by atoms with E-state index in [1.54, 1.807) is 29.3 Å². The number of ether oxygens (including phenoxy) is 4. The highest BCUT2D eigenvalue weighted by Gasteiger charge is 2.52. The number of nitrogens with zero attached hydrogens (tertiary/aromatic N) is 2. The van der Waals surface area contributed by atoms with Crippen molar-refractivity contribution in [3.05, 3.63) is 58.9 Å². The highest BCUT2D eigenvalue weighted by atomic mass is 35.5. The Morgan fingerprint density at radius 2 is 2.12 bits per heavy atom. The maximum atomic E-state index is 13.2. The fraction of sp³-hybridized carbons (Fsp3) is 0.500. The van der Waals surface area contributed by atoms with E-state index in [0.29, 0.717) is 49.1 Å². The minimum atomic E-state index is -0.609. The van der Waals surface area contributed by atoms with E-state index >= 15 is 0 Å². The molecule has 2 unspecified atom stereocenters. The van der Waals surface area contributed by atoms with Crippen LogP contribution in [0, 0.1) is 0 Å². The second-order valence-electron chi connectivity index (χ2n) is 8.98. The molecule has 4 rings (SSSR count). The third kappa shape index (κ3) is 4.91. The summed E-state index contributed by atoms with van der Waals surface area (Å²) in [5.74, 6) is 0.431. The summed E-state index contributed by atoms with van der Waals surface area (Å²) < 4.78 is 23.2. The molecule has 2 aliphatic heterocycles. The lowest BCUT2D eigenvalue weighted by molar-refractivity contribution is -0.0470. The Kier molecular flexibility index (Phi) is 6.72. The summed E-state index contributed by atoms with van der Waals surface area (Å²) in [4.78, 5) is 19.4. The zero-order chi connectivity index (χ0) is 22.8. The molecule has 2 atom stereocenters. The quantitative estimate of drug-likeness (QED) is 0.606. The van der Waals surface area contributed by atoms with Crippen LogP contribution < -0.4 is 4.74 Å². The third-order valence-corrected chi connectivity index (χ3v) is 5.98. The van der Waals surface area contributed by atoms with Crippen molar-refractivity contribution in [2.45, 2.75) is 44.5 Å². The molecule has 0 saturated carbocycles. The van der Waals surface area contributed by atoms with Gasteiger partial charge in [0.25, 0.3) is 5.91 Å². The number of amides is 1. The number of halogens is 1. The largest absolute Gasteiger partial charge is 0.490 e. The molecule has 7 nitrogen and oxygen atoms in total. The Morgan fingerprint density at radius 1 is 1.28 bits per heavy atom. The van der Waals surface area contributed by atoms with E-state index in [0.717, 1.165) is 5.69 Å². The molecule has 2 saturated heterocycles. The first-order chi connectivity index (χ1) is 15.3. The van der Waals surface area contributed by atoms with Crippen LogP contribution in [0.15, 0.2) is 42.6 Å². The summed E-state index contributed by atoms with van der Waals surface area (Å²) in [5.41, 5.74) is 0.523. The monoisotopic (exact) mass is 460 g/mol. The van der Waals surface area contributed by atoms with Crippen molar-refractivity contribution in [2.75, 3.05) is 33.1 Å². The van der Waals surface area contributed by atoms with Gasteiger partial charge in [0.1, 0.15) is 30.9 Å². The number of fused-ring (bicyclic) bond motifs is 1. The van der Waals surface area contributed by atoms with Crippen molar-refractivity contribution in [2.24, 2.45) is 0 Å². The van der Waals surface area contributed by atoms with Crippen LogP contribution in [0.2, 0.25) is 5.02 Å². The Balaban J connectivity index is 1.39. The van der Waals surface area contributed by atoms with Gasteiger partial charge in [-0.05, 0) is 51.1 Å². The van der Waals surface area contributed by atoms with Crippen molar-refractivity contribution in [3.63, 3.8) is 0 Å². The number of hydrogen-bond donors (Lipinski definition) is 0. The second kappa shape index (κ2) is 9.35. The topological polar surface area (TPSA) is 70.1 Å². The molecule has 172 valence electrons. The maximum absolute atomic E-state index is 13.2. The molecular formula is C24H29ClN2O5. The summed E-state index contributed by atoms with van der Waals surface area (Å²) in [7, 11) is 0. The minimum Gasteiger partial charge on any atom is -0.490 e. The molecule has 0 N–H and O–H groups in total. The zero-order valence-corrected chi connectivity index (χ0v) is 19.4. The van der Waals surface area contributed by atoms with Gasteiger partial charge in [0, 0.05) is 24.7 Å². The molecule has 2 fully saturated rings. The SMILES string of the molecule is CC(C)(C)OCCOc1ccc(C(=O)N2CCC3(c4ccccn4)OCOC3C2)cc1Cl. The van der Waals surface area contributed by atoms with E-state index in [4.69, 9.17) is 30.5 Å². The summed E-state index contributed by atoms with van der Waals surface area (Å²) in [6.07, 6.45) is 2.10. The molecule has 0 bridgehead atoms. The second-order valence-corrected chi connectivity index (χ2v) is 9.38.